The number of benzene rings is 2. The molecule has 13 heteroatoms. The molecule has 2 aliphatic heterocycles. The van der Waals surface area contributed by atoms with Crippen LogP contribution in [-0.2, 0) is 15.1 Å². The fourth-order valence-electron chi connectivity index (χ4n) is 6.16. The maximum absolute atomic E-state index is 16.6. The van der Waals surface area contributed by atoms with Crippen molar-refractivity contribution in [1.29, 1.82) is 0 Å². The molecule has 2 heterocycles. The van der Waals surface area contributed by atoms with Crippen LogP contribution in [0, 0.1) is 22.0 Å². The summed E-state index contributed by atoms with van der Waals surface area (Å²) in [6.45, 7) is 3.48. The number of likely N-dealkylation sites (tertiary alicyclic amines) is 1. The van der Waals surface area contributed by atoms with Crippen LogP contribution in [0.25, 0.3) is 0 Å². The normalized spacial score (nSPS) is 25.2. The van der Waals surface area contributed by atoms with Crippen LogP contribution in [0.1, 0.15) is 34.3 Å². The van der Waals surface area contributed by atoms with Crippen molar-refractivity contribution in [2.45, 2.75) is 30.5 Å². The summed E-state index contributed by atoms with van der Waals surface area (Å²) in [4.78, 5) is 43.8. The van der Waals surface area contributed by atoms with Crippen molar-refractivity contribution < 1.29 is 28.7 Å². The molecule has 1 spiro atoms. The first-order valence-electron chi connectivity index (χ1n) is 13.8. The second-order valence-corrected chi connectivity index (χ2v) is 11.8. The highest BCUT2D eigenvalue weighted by molar-refractivity contribution is 6.31. The highest BCUT2D eigenvalue weighted by Gasteiger charge is 2.68. The molecule has 2 aromatic rings. The fraction of sp³-hybridized carbons (Fsp3) is 0.323. The first-order valence-corrected chi connectivity index (χ1v) is 14.6. The Bertz CT molecular complexity index is 1620. The third-order valence-corrected chi connectivity index (χ3v) is 8.59. The molecule has 2 fully saturated rings. The minimum Gasteiger partial charge on any atom is -0.465 e. The van der Waals surface area contributed by atoms with E-state index < -0.39 is 58.5 Å². The van der Waals surface area contributed by atoms with Crippen molar-refractivity contribution in [3.05, 3.63) is 104 Å². The molecule has 2 aromatic carbocycles. The maximum Gasteiger partial charge on any atom is 0.338 e. The van der Waals surface area contributed by atoms with E-state index in [1.807, 2.05) is 4.90 Å². The lowest BCUT2D eigenvalue weighted by Gasteiger charge is -2.38. The number of carbonyl (C=O) groups excluding carboxylic acids is 2. The topological polar surface area (TPSA) is 134 Å². The van der Waals surface area contributed by atoms with Gasteiger partial charge in [-0.15, -0.1) is 0 Å². The molecular weight excluding hydrogens is 614 g/mol. The molecule has 44 heavy (non-hydrogen) atoms. The molecule has 10 nitrogen and oxygen atoms in total. The Morgan fingerprint density at radius 2 is 2.09 bits per heavy atom. The highest BCUT2D eigenvalue weighted by atomic mass is 35.5. The number of methoxy groups -OCH3 is 1. The summed E-state index contributed by atoms with van der Waals surface area (Å²) < 4.78 is 21.3. The largest absolute Gasteiger partial charge is 0.465 e. The second kappa shape index (κ2) is 12.6. The van der Waals surface area contributed by atoms with E-state index in [1.54, 1.807) is 18.2 Å². The van der Waals surface area contributed by atoms with E-state index in [0.717, 1.165) is 26.0 Å². The predicted molar refractivity (Wildman–Crippen MR) is 165 cm³/mol. The van der Waals surface area contributed by atoms with Gasteiger partial charge >= 0.3 is 5.97 Å². The van der Waals surface area contributed by atoms with Gasteiger partial charge in [0.1, 0.15) is 11.4 Å². The maximum atomic E-state index is 16.6. The van der Waals surface area contributed by atoms with E-state index in [2.05, 4.69) is 21.6 Å². The average molecular weight is 643 g/mol. The van der Waals surface area contributed by atoms with Crippen LogP contribution in [-0.4, -0.2) is 65.4 Å². The number of fused-ring (bicyclic) bond motifs is 2. The zero-order valence-corrected chi connectivity index (χ0v) is 25.1. The van der Waals surface area contributed by atoms with E-state index in [1.165, 1.54) is 36.6 Å². The number of aliphatic hydroxyl groups excluding tert-OH is 1. The summed E-state index contributed by atoms with van der Waals surface area (Å²) in [6, 6.07) is 6.71. The number of carbonyl (C=O) groups is 2. The molecule has 230 valence electrons. The van der Waals surface area contributed by atoms with Crippen LogP contribution < -0.4 is 5.32 Å². The Morgan fingerprint density at radius 3 is 2.73 bits per heavy atom. The zero-order valence-electron chi connectivity index (χ0n) is 23.6. The van der Waals surface area contributed by atoms with Gasteiger partial charge in [-0.2, -0.15) is 0 Å². The van der Waals surface area contributed by atoms with Crippen LogP contribution in [0.2, 0.25) is 5.02 Å². The van der Waals surface area contributed by atoms with Crippen LogP contribution in [0.5, 0.6) is 0 Å². The third-order valence-electron chi connectivity index (χ3n) is 8.23. The van der Waals surface area contributed by atoms with Gasteiger partial charge in [0.05, 0.1) is 47.8 Å². The number of ether oxygens (including phenoxy) is 1. The molecule has 2 N–H and O–H groups in total. The number of hydrogen-bond acceptors (Lipinski definition) is 8. The molecular formula is C31H29Cl2FN4O6. The number of nitrogens with zero attached hydrogens (tertiary/aromatic N) is 3. The van der Waals surface area contributed by atoms with Crippen LogP contribution in [0.4, 0.5) is 15.8 Å². The number of aliphatic imine (C=N–C) groups is 1. The summed E-state index contributed by atoms with van der Waals surface area (Å²) in [5.74, 6) is -3.01. The monoisotopic (exact) mass is 642 g/mol. The number of anilines is 1. The number of allylic oxidation sites excluding steroid dienone is 4. The van der Waals surface area contributed by atoms with E-state index in [4.69, 9.17) is 23.2 Å². The van der Waals surface area contributed by atoms with Crippen molar-refractivity contribution in [2.24, 2.45) is 16.8 Å². The molecule has 0 unspecified atom stereocenters. The van der Waals surface area contributed by atoms with Gasteiger partial charge < -0.3 is 15.2 Å². The van der Waals surface area contributed by atoms with E-state index in [9.17, 15) is 24.8 Å². The van der Waals surface area contributed by atoms with Crippen molar-refractivity contribution in [3.8, 4) is 0 Å². The van der Waals surface area contributed by atoms with E-state index in [0.29, 0.717) is 22.8 Å². The van der Waals surface area contributed by atoms with Crippen LogP contribution >= 0.6 is 23.2 Å². The number of aliphatic hydroxyl groups is 1. The number of nitro groups is 1. The van der Waals surface area contributed by atoms with Gasteiger partial charge in [-0.25, -0.2) is 9.18 Å². The van der Waals surface area contributed by atoms with Gasteiger partial charge in [-0.1, -0.05) is 41.9 Å². The summed E-state index contributed by atoms with van der Waals surface area (Å²) in [6.07, 6.45) is 6.97. The molecule has 1 aliphatic carbocycles. The summed E-state index contributed by atoms with van der Waals surface area (Å²) in [7, 11) is 1.16. The van der Waals surface area contributed by atoms with Crippen LogP contribution in [0.3, 0.4) is 0 Å². The first-order chi connectivity index (χ1) is 21.0. The van der Waals surface area contributed by atoms with Gasteiger partial charge in [0.15, 0.2) is 0 Å². The lowest BCUT2D eigenvalue weighted by Crippen LogP contribution is -2.54. The van der Waals surface area contributed by atoms with Gasteiger partial charge in [0, 0.05) is 40.1 Å². The van der Waals surface area contributed by atoms with Gasteiger partial charge in [-0.05, 0) is 55.2 Å². The Morgan fingerprint density at radius 1 is 1.34 bits per heavy atom. The molecule has 4 atom stereocenters. The zero-order chi connectivity index (χ0) is 31.8. The van der Waals surface area contributed by atoms with E-state index >= 15 is 4.39 Å². The Kier molecular flexibility index (Phi) is 9.03. The minimum atomic E-state index is -1.62. The minimum absolute atomic E-state index is 0.0302. The lowest BCUT2D eigenvalue weighted by molar-refractivity contribution is -0.385. The number of esters is 1. The molecule has 0 radical (unpaired) electrons. The number of nitro benzene ring substituents is 1. The van der Waals surface area contributed by atoms with Crippen molar-refractivity contribution in [1.82, 2.24) is 4.90 Å². The molecule has 0 bridgehead atoms. The second-order valence-electron chi connectivity index (χ2n) is 10.9. The molecule has 1 amide bonds. The highest BCUT2D eigenvalue weighted by Crippen LogP contribution is 2.57. The number of hydrogen-bond donors (Lipinski definition) is 2. The van der Waals surface area contributed by atoms with Crippen LogP contribution in [0.15, 0.2) is 77.1 Å². The molecule has 1 saturated carbocycles. The standard InChI is InChI=1S/C31H29Cl2FN4O6/c1-17(32)4-3-5-23(34)27-28(35-14-20-9-8-19(29(40)44-2)12-25(20)38(42)43)26(16-39)37(15-18-6-7-18)31(27)22-11-10-21(33)13-24(22)36-30(31)41/h3-5,8-14,18,26-28,39H,1,6-7,15-16H2,2H3,(H,36,41)/b4-3-,23-5-,35-14?/t26-,27-,28+,31+/m0/s1. The fourth-order valence-corrected chi connectivity index (χ4v) is 6.41. The lowest BCUT2D eigenvalue weighted by atomic mass is 9.76. The van der Waals surface area contributed by atoms with Gasteiger partial charge in [0.25, 0.3) is 5.69 Å². The van der Waals surface area contributed by atoms with Crippen molar-refractivity contribution in [3.63, 3.8) is 0 Å². The Hall–Kier alpha value is -3.90. The summed E-state index contributed by atoms with van der Waals surface area (Å²) >= 11 is 12.1. The van der Waals surface area contributed by atoms with E-state index in [-0.39, 0.29) is 22.1 Å². The van der Waals surface area contributed by atoms with Gasteiger partial charge in [0.2, 0.25) is 5.91 Å². The predicted octanol–water partition coefficient (Wildman–Crippen LogP) is 5.53. The number of nitrogens with one attached hydrogen (secondary N) is 1. The molecule has 5 rings (SSSR count). The number of amides is 1. The molecule has 0 aromatic heterocycles. The SMILES string of the molecule is C=C(Cl)/C=C\C=C(/F)[C@H]1[C@H](N=Cc2ccc(C(=O)OC)cc2[N+](=O)[O-])[C@H](CO)N(CC2CC2)[C@@]12C(=O)Nc1cc(Cl)ccc12. The molecule has 3 aliphatic rings. The van der Waals surface area contributed by atoms with Gasteiger partial charge in [-0.3, -0.25) is 24.8 Å². The molecule has 1 saturated heterocycles. The summed E-state index contributed by atoms with van der Waals surface area (Å²) in [5, 5.41) is 26.1. The third kappa shape index (κ3) is 5.68. The Labute approximate surface area is 262 Å². The van der Waals surface area contributed by atoms with Crippen molar-refractivity contribution >= 4 is 52.7 Å². The first kappa shape index (κ1) is 31.5. The smallest absolute Gasteiger partial charge is 0.338 e. The Balaban J connectivity index is 1.70. The number of halogens is 3. The quantitative estimate of drug-likeness (QED) is 0.114. The van der Waals surface area contributed by atoms with Crippen molar-refractivity contribution in [2.75, 3.05) is 25.6 Å². The average Bonchev–Trinajstić information content (AvgIpc) is 3.70. The summed E-state index contributed by atoms with van der Waals surface area (Å²) in [5.41, 5.74) is -1.13. The number of rotatable bonds is 10.